The highest BCUT2D eigenvalue weighted by atomic mass is 32.2. The SMILES string of the molecule is CC(=O)SCC(=O)N[C@@H](Cc1ccccc1)C(=O)N[C@@H](C)C(=O)O. The van der Waals surface area contributed by atoms with E-state index in [0.717, 1.165) is 17.3 Å². The molecule has 0 spiro atoms. The first-order valence-corrected chi connectivity index (χ1v) is 8.28. The Kier molecular flexibility index (Phi) is 7.97. The molecule has 0 saturated heterocycles. The first-order valence-electron chi connectivity index (χ1n) is 7.29. The first kappa shape index (κ1) is 19.7. The summed E-state index contributed by atoms with van der Waals surface area (Å²) in [5, 5.41) is 13.6. The maximum atomic E-state index is 12.3. The van der Waals surface area contributed by atoms with Gasteiger partial charge < -0.3 is 15.7 Å². The van der Waals surface area contributed by atoms with Gasteiger partial charge in [0.05, 0.1) is 5.75 Å². The molecule has 0 aliphatic carbocycles. The van der Waals surface area contributed by atoms with Gasteiger partial charge in [-0.05, 0) is 12.5 Å². The van der Waals surface area contributed by atoms with Gasteiger partial charge in [-0.25, -0.2) is 0 Å². The molecule has 8 heteroatoms. The van der Waals surface area contributed by atoms with Crippen LogP contribution in [0.3, 0.4) is 0 Å². The molecular weight excluding hydrogens is 332 g/mol. The normalized spacial score (nSPS) is 12.8. The first-order chi connectivity index (χ1) is 11.3. The smallest absolute Gasteiger partial charge is 0.325 e. The maximum absolute atomic E-state index is 12.3. The average Bonchev–Trinajstić information content (AvgIpc) is 2.53. The van der Waals surface area contributed by atoms with Crippen molar-refractivity contribution in [1.29, 1.82) is 0 Å². The van der Waals surface area contributed by atoms with E-state index < -0.39 is 29.9 Å². The predicted octanol–water partition coefficient (Wildman–Crippen LogP) is 0.583. The number of carbonyl (C=O) groups is 4. The summed E-state index contributed by atoms with van der Waals surface area (Å²) in [6.07, 6.45) is 0.218. The van der Waals surface area contributed by atoms with Gasteiger partial charge in [0.1, 0.15) is 12.1 Å². The highest BCUT2D eigenvalue weighted by Gasteiger charge is 2.24. The maximum Gasteiger partial charge on any atom is 0.325 e. The Balaban J connectivity index is 2.78. The number of carboxylic acids is 1. The summed E-state index contributed by atoms with van der Waals surface area (Å²) in [5.41, 5.74) is 0.820. The Bertz CT molecular complexity index is 606. The van der Waals surface area contributed by atoms with Gasteiger partial charge in [-0.2, -0.15) is 0 Å². The van der Waals surface area contributed by atoms with Crippen molar-refractivity contribution < 1.29 is 24.3 Å². The van der Waals surface area contributed by atoms with E-state index in [2.05, 4.69) is 10.6 Å². The predicted molar refractivity (Wildman–Crippen MR) is 90.5 cm³/mol. The quantitative estimate of drug-likeness (QED) is 0.631. The summed E-state index contributed by atoms with van der Waals surface area (Å²) < 4.78 is 0. The fourth-order valence-corrected chi connectivity index (χ4v) is 2.26. The van der Waals surface area contributed by atoms with Gasteiger partial charge in [0, 0.05) is 13.3 Å². The van der Waals surface area contributed by atoms with Gasteiger partial charge in [-0.1, -0.05) is 42.1 Å². The van der Waals surface area contributed by atoms with Crippen molar-refractivity contribution in [3.05, 3.63) is 35.9 Å². The van der Waals surface area contributed by atoms with E-state index in [0.29, 0.717) is 0 Å². The van der Waals surface area contributed by atoms with Crippen LogP contribution in [0.2, 0.25) is 0 Å². The number of amides is 2. The Morgan fingerprint density at radius 1 is 1.12 bits per heavy atom. The van der Waals surface area contributed by atoms with Gasteiger partial charge >= 0.3 is 5.97 Å². The Labute approximate surface area is 144 Å². The second-order valence-electron chi connectivity index (χ2n) is 5.16. The van der Waals surface area contributed by atoms with Crippen LogP contribution in [0.4, 0.5) is 0 Å². The van der Waals surface area contributed by atoms with E-state index in [9.17, 15) is 19.2 Å². The lowest BCUT2D eigenvalue weighted by molar-refractivity contribution is -0.141. The molecule has 2 amide bonds. The third kappa shape index (κ3) is 7.28. The second-order valence-corrected chi connectivity index (χ2v) is 6.31. The largest absolute Gasteiger partial charge is 0.480 e. The lowest BCUT2D eigenvalue weighted by atomic mass is 10.0. The summed E-state index contributed by atoms with van der Waals surface area (Å²) in [6.45, 7) is 2.69. The van der Waals surface area contributed by atoms with Crippen LogP contribution in [0.25, 0.3) is 0 Å². The molecule has 2 atom stereocenters. The monoisotopic (exact) mass is 352 g/mol. The molecule has 0 aromatic heterocycles. The molecule has 0 heterocycles. The number of carbonyl (C=O) groups excluding carboxylic acids is 3. The fraction of sp³-hybridized carbons (Fsp3) is 0.375. The number of nitrogens with one attached hydrogen (secondary N) is 2. The van der Waals surface area contributed by atoms with Crippen molar-refractivity contribution in [2.45, 2.75) is 32.4 Å². The second kappa shape index (κ2) is 9.71. The molecule has 1 aromatic carbocycles. The molecule has 1 rings (SSSR count). The van der Waals surface area contributed by atoms with E-state index in [4.69, 9.17) is 5.11 Å². The number of aliphatic carboxylic acids is 1. The number of benzene rings is 1. The van der Waals surface area contributed by atoms with Crippen molar-refractivity contribution in [3.63, 3.8) is 0 Å². The van der Waals surface area contributed by atoms with Crippen LogP contribution in [0.15, 0.2) is 30.3 Å². The summed E-state index contributed by atoms with van der Waals surface area (Å²) in [5.74, 6) is -2.31. The van der Waals surface area contributed by atoms with Crippen LogP contribution in [0.1, 0.15) is 19.4 Å². The number of thioether (sulfide) groups is 1. The van der Waals surface area contributed by atoms with E-state index in [1.165, 1.54) is 13.8 Å². The van der Waals surface area contributed by atoms with Crippen molar-refractivity contribution in [1.82, 2.24) is 10.6 Å². The minimum atomic E-state index is -1.17. The number of hydrogen-bond acceptors (Lipinski definition) is 5. The molecule has 0 aliphatic heterocycles. The highest BCUT2D eigenvalue weighted by Crippen LogP contribution is 2.06. The molecule has 130 valence electrons. The third-order valence-electron chi connectivity index (χ3n) is 3.07. The van der Waals surface area contributed by atoms with E-state index in [-0.39, 0.29) is 17.3 Å². The minimum absolute atomic E-state index is 0.0949. The van der Waals surface area contributed by atoms with Crippen molar-refractivity contribution >= 4 is 34.7 Å². The molecule has 1 aromatic rings. The zero-order chi connectivity index (χ0) is 18.1. The summed E-state index contributed by atoms with van der Waals surface area (Å²) in [6, 6.07) is 7.05. The molecular formula is C16H20N2O5S. The lowest BCUT2D eigenvalue weighted by Gasteiger charge is -2.20. The molecule has 24 heavy (non-hydrogen) atoms. The molecule has 7 nitrogen and oxygen atoms in total. The summed E-state index contributed by atoms with van der Waals surface area (Å²) in [7, 11) is 0. The third-order valence-corrected chi connectivity index (χ3v) is 3.88. The van der Waals surface area contributed by atoms with Crippen molar-refractivity contribution in [2.75, 3.05) is 5.75 Å². The molecule has 0 fully saturated rings. The van der Waals surface area contributed by atoms with Crippen LogP contribution < -0.4 is 10.6 Å². The fourth-order valence-electron chi connectivity index (χ4n) is 1.84. The molecule has 3 N–H and O–H groups in total. The molecule has 0 unspecified atom stereocenters. The number of rotatable bonds is 8. The number of hydrogen-bond donors (Lipinski definition) is 3. The van der Waals surface area contributed by atoms with Crippen molar-refractivity contribution in [3.8, 4) is 0 Å². The average molecular weight is 352 g/mol. The molecule has 0 radical (unpaired) electrons. The highest BCUT2D eigenvalue weighted by molar-refractivity contribution is 8.14. The molecule has 0 aliphatic rings. The van der Waals surface area contributed by atoms with E-state index in [1.807, 2.05) is 6.07 Å². The van der Waals surface area contributed by atoms with Gasteiger partial charge in [-0.3, -0.25) is 19.2 Å². The van der Waals surface area contributed by atoms with Gasteiger partial charge in [0.25, 0.3) is 0 Å². The zero-order valence-corrected chi connectivity index (χ0v) is 14.3. The Hall–Kier alpha value is -2.35. The van der Waals surface area contributed by atoms with E-state index in [1.54, 1.807) is 24.3 Å². The molecule has 0 bridgehead atoms. The molecule has 0 saturated carbocycles. The number of carboxylic acid groups (broad SMARTS) is 1. The lowest BCUT2D eigenvalue weighted by Crippen LogP contribution is -2.52. The Morgan fingerprint density at radius 2 is 1.75 bits per heavy atom. The summed E-state index contributed by atoms with van der Waals surface area (Å²) in [4.78, 5) is 46.0. The van der Waals surface area contributed by atoms with Crippen LogP contribution in [0.5, 0.6) is 0 Å². The van der Waals surface area contributed by atoms with Crippen LogP contribution in [-0.2, 0) is 25.6 Å². The summed E-state index contributed by atoms with van der Waals surface area (Å²) >= 11 is 0.841. The Morgan fingerprint density at radius 3 is 2.29 bits per heavy atom. The van der Waals surface area contributed by atoms with E-state index >= 15 is 0 Å². The topological polar surface area (TPSA) is 113 Å². The van der Waals surface area contributed by atoms with Gasteiger partial charge in [0.2, 0.25) is 11.8 Å². The standard InChI is InChI=1S/C16H20N2O5S/c1-10(16(22)23)17-15(21)13(8-12-6-4-3-5-7-12)18-14(20)9-24-11(2)19/h3-7,10,13H,8-9H2,1-2H3,(H,17,21)(H,18,20)(H,22,23)/t10-,13-/m0/s1. The zero-order valence-electron chi connectivity index (χ0n) is 13.4. The van der Waals surface area contributed by atoms with Crippen molar-refractivity contribution in [2.24, 2.45) is 0 Å². The van der Waals surface area contributed by atoms with Gasteiger partial charge in [-0.15, -0.1) is 0 Å². The van der Waals surface area contributed by atoms with Gasteiger partial charge in [0.15, 0.2) is 5.12 Å². The van der Waals surface area contributed by atoms with Crippen LogP contribution in [0, 0.1) is 0 Å². The minimum Gasteiger partial charge on any atom is -0.480 e. The van der Waals surface area contributed by atoms with Crippen LogP contribution >= 0.6 is 11.8 Å². The van der Waals surface area contributed by atoms with Crippen LogP contribution in [-0.4, -0.2) is 45.8 Å².